The highest BCUT2D eigenvalue weighted by Gasteiger charge is 2.25. The molecule has 5 nitrogen and oxygen atoms in total. The minimum Gasteiger partial charge on any atom is -0.481 e. The highest BCUT2D eigenvalue weighted by molar-refractivity contribution is 9.08. The number of aliphatic carboxylic acids is 2. The Kier molecular flexibility index (Phi) is 4.39. The van der Waals surface area contributed by atoms with Gasteiger partial charge in [0.25, 0.3) is 0 Å². The summed E-state index contributed by atoms with van der Waals surface area (Å²) in [6, 6.07) is -1.26. The fraction of sp³-hybridized carbons (Fsp3) is 0.500. The van der Waals surface area contributed by atoms with Crippen LogP contribution in [0.4, 0.5) is 0 Å². The molecule has 11 heavy (non-hydrogen) atoms. The average molecular weight is 246 g/mol. The molecule has 0 fully saturated rings. The molecule has 7 heteroatoms. The van der Waals surface area contributed by atoms with Crippen LogP contribution in [0, 0.1) is 0 Å². The topological polar surface area (TPSA) is 77.8 Å². The second-order valence-corrected chi connectivity index (χ2v) is 3.25. The van der Waals surface area contributed by atoms with Crippen molar-refractivity contribution in [2.24, 2.45) is 0 Å². The van der Waals surface area contributed by atoms with Crippen molar-refractivity contribution < 1.29 is 19.8 Å². The molecular formula is C4H5BrClNO4. The summed E-state index contributed by atoms with van der Waals surface area (Å²) in [5.41, 5.74) is 0. The fourth-order valence-electron chi connectivity index (χ4n) is 0.405. The van der Waals surface area contributed by atoms with Crippen molar-refractivity contribution in [3.63, 3.8) is 0 Å². The monoisotopic (exact) mass is 245 g/mol. The first-order chi connectivity index (χ1) is 4.95. The zero-order valence-electron chi connectivity index (χ0n) is 5.20. The molecule has 0 saturated carbocycles. The van der Waals surface area contributed by atoms with Gasteiger partial charge in [0.15, 0.2) is 0 Å². The standard InChI is InChI=1S/C4H5BrClNO4/c5-7(6)2(4(10)11)1-3(8)9/h2H,1H2,(H,8,9)(H,10,11). The highest BCUT2D eigenvalue weighted by Crippen LogP contribution is 2.12. The first kappa shape index (κ1) is 10.7. The molecule has 0 bridgehead atoms. The Morgan fingerprint density at radius 1 is 1.55 bits per heavy atom. The van der Waals surface area contributed by atoms with E-state index in [1.54, 1.807) is 0 Å². The van der Waals surface area contributed by atoms with E-state index in [-0.39, 0.29) is 0 Å². The van der Waals surface area contributed by atoms with Crippen LogP contribution in [-0.4, -0.2) is 31.6 Å². The number of rotatable bonds is 4. The summed E-state index contributed by atoms with van der Waals surface area (Å²) in [7, 11) is 0. The normalized spacial score (nSPS) is 13.0. The largest absolute Gasteiger partial charge is 0.481 e. The van der Waals surface area contributed by atoms with Gasteiger partial charge in [0.2, 0.25) is 0 Å². The number of carboxylic acid groups (broad SMARTS) is 2. The molecule has 64 valence electrons. The van der Waals surface area contributed by atoms with Gasteiger partial charge in [0.05, 0.1) is 6.42 Å². The van der Waals surface area contributed by atoms with Gasteiger partial charge >= 0.3 is 11.9 Å². The average Bonchev–Trinajstić information content (AvgIpc) is 1.81. The van der Waals surface area contributed by atoms with Crippen LogP contribution in [0.25, 0.3) is 0 Å². The van der Waals surface area contributed by atoms with E-state index in [1.807, 2.05) is 0 Å². The third-order valence-electron chi connectivity index (χ3n) is 0.889. The lowest BCUT2D eigenvalue weighted by atomic mass is 10.2. The number of nitrogens with zero attached hydrogens (tertiary/aromatic N) is 1. The van der Waals surface area contributed by atoms with Gasteiger partial charge in [0, 0.05) is 16.1 Å². The van der Waals surface area contributed by atoms with Crippen molar-refractivity contribution in [1.82, 2.24) is 3.45 Å². The van der Waals surface area contributed by atoms with E-state index >= 15 is 0 Å². The summed E-state index contributed by atoms with van der Waals surface area (Å²) >= 11 is 7.81. The second-order valence-electron chi connectivity index (χ2n) is 1.71. The SMILES string of the molecule is O=C(O)CC(C(=O)O)N(Cl)Br. The van der Waals surface area contributed by atoms with Gasteiger partial charge in [-0.05, 0) is 11.8 Å². The summed E-state index contributed by atoms with van der Waals surface area (Å²) < 4.78 is 0.642. The van der Waals surface area contributed by atoms with E-state index in [0.717, 1.165) is 0 Å². The van der Waals surface area contributed by atoms with E-state index in [0.29, 0.717) is 3.45 Å². The van der Waals surface area contributed by atoms with Crippen LogP contribution < -0.4 is 0 Å². The number of carbonyl (C=O) groups is 2. The van der Waals surface area contributed by atoms with Gasteiger partial charge in [-0.15, -0.1) is 3.45 Å². The molecule has 0 aliphatic heterocycles. The lowest BCUT2D eigenvalue weighted by molar-refractivity contribution is -0.146. The zero-order chi connectivity index (χ0) is 9.02. The van der Waals surface area contributed by atoms with Crippen LogP contribution in [0.5, 0.6) is 0 Å². The van der Waals surface area contributed by atoms with Gasteiger partial charge in [-0.25, -0.2) is 0 Å². The van der Waals surface area contributed by atoms with E-state index in [9.17, 15) is 9.59 Å². The molecule has 0 saturated heterocycles. The minimum absolute atomic E-state index is 0.552. The van der Waals surface area contributed by atoms with E-state index in [1.165, 1.54) is 0 Å². The molecule has 0 amide bonds. The van der Waals surface area contributed by atoms with Crippen molar-refractivity contribution in [3.05, 3.63) is 0 Å². The molecule has 0 aliphatic rings. The van der Waals surface area contributed by atoms with Crippen LogP contribution in [0.15, 0.2) is 0 Å². The Balaban J connectivity index is 4.12. The molecular weight excluding hydrogens is 241 g/mol. The van der Waals surface area contributed by atoms with Crippen molar-refractivity contribution in [3.8, 4) is 0 Å². The summed E-state index contributed by atoms with van der Waals surface area (Å²) in [6.45, 7) is 0. The number of carboxylic acids is 2. The minimum atomic E-state index is -1.29. The maximum absolute atomic E-state index is 10.3. The van der Waals surface area contributed by atoms with Crippen LogP contribution in [-0.2, 0) is 9.59 Å². The number of hydrogen-bond donors (Lipinski definition) is 2. The van der Waals surface area contributed by atoms with Crippen molar-refractivity contribution in [2.45, 2.75) is 12.5 Å². The first-order valence-corrected chi connectivity index (χ1v) is 3.55. The molecule has 1 unspecified atom stereocenters. The van der Waals surface area contributed by atoms with Gasteiger partial charge < -0.3 is 10.2 Å². The van der Waals surface area contributed by atoms with Gasteiger partial charge in [-0.3, -0.25) is 9.59 Å². The summed E-state index contributed by atoms with van der Waals surface area (Å²) in [5.74, 6) is -2.51. The summed E-state index contributed by atoms with van der Waals surface area (Å²) in [5, 5.41) is 16.6. The third kappa shape index (κ3) is 4.18. The van der Waals surface area contributed by atoms with Gasteiger partial charge in [-0.2, -0.15) is 0 Å². The predicted octanol–water partition coefficient (Wildman–Crippen LogP) is 0.680. The Morgan fingerprint density at radius 2 is 2.00 bits per heavy atom. The lowest BCUT2D eigenvalue weighted by Crippen LogP contribution is -2.31. The highest BCUT2D eigenvalue weighted by atomic mass is 79.9. The molecule has 0 radical (unpaired) electrons. The van der Waals surface area contributed by atoms with Crippen molar-refractivity contribution in [2.75, 3.05) is 0 Å². The first-order valence-electron chi connectivity index (χ1n) is 2.50. The van der Waals surface area contributed by atoms with Crippen molar-refractivity contribution >= 4 is 39.9 Å². The van der Waals surface area contributed by atoms with E-state index < -0.39 is 24.4 Å². The number of hydrogen-bond acceptors (Lipinski definition) is 3. The van der Waals surface area contributed by atoms with E-state index in [2.05, 4.69) is 16.1 Å². The molecule has 1 atom stereocenters. The number of halogens is 2. The third-order valence-corrected chi connectivity index (χ3v) is 1.62. The molecule has 0 aromatic heterocycles. The molecule has 0 aromatic carbocycles. The molecule has 0 rings (SSSR count). The molecule has 0 aromatic rings. The molecule has 0 aliphatic carbocycles. The molecule has 0 spiro atoms. The van der Waals surface area contributed by atoms with E-state index in [4.69, 9.17) is 22.0 Å². The van der Waals surface area contributed by atoms with Crippen LogP contribution in [0.3, 0.4) is 0 Å². The maximum Gasteiger partial charge on any atom is 0.323 e. The molecule has 0 heterocycles. The zero-order valence-corrected chi connectivity index (χ0v) is 7.54. The Labute approximate surface area is 76.0 Å². The van der Waals surface area contributed by atoms with Crippen LogP contribution in [0.2, 0.25) is 0 Å². The predicted molar refractivity (Wildman–Crippen MR) is 40.3 cm³/mol. The smallest absolute Gasteiger partial charge is 0.323 e. The van der Waals surface area contributed by atoms with Gasteiger partial charge in [0.1, 0.15) is 6.04 Å². The molecule has 2 N–H and O–H groups in total. The van der Waals surface area contributed by atoms with Crippen LogP contribution >= 0.6 is 27.9 Å². The van der Waals surface area contributed by atoms with Crippen molar-refractivity contribution in [1.29, 1.82) is 0 Å². The maximum atomic E-state index is 10.3. The summed E-state index contributed by atoms with van der Waals surface area (Å²) in [6.07, 6.45) is -0.552. The Hall–Kier alpha value is -0.330. The fourth-order valence-corrected chi connectivity index (χ4v) is 0.878. The summed E-state index contributed by atoms with van der Waals surface area (Å²) in [4.78, 5) is 20.3. The van der Waals surface area contributed by atoms with Gasteiger partial charge in [-0.1, -0.05) is 0 Å². The lowest BCUT2D eigenvalue weighted by Gasteiger charge is -2.11. The second kappa shape index (κ2) is 4.53. The Morgan fingerprint density at radius 3 is 2.09 bits per heavy atom. The quantitative estimate of drug-likeness (QED) is 0.713. The van der Waals surface area contributed by atoms with Crippen LogP contribution in [0.1, 0.15) is 6.42 Å². The Bertz CT molecular complexity index is 173.